The zero-order chi connectivity index (χ0) is 9.90. The van der Waals surface area contributed by atoms with E-state index in [1.165, 1.54) is 0 Å². The average Bonchev–Trinajstić information content (AvgIpc) is 2.01. The molecule has 0 saturated heterocycles. The van der Waals surface area contributed by atoms with Crippen molar-refractivity contribution in [2.45, 2.75) is 3.79 Å². The molecule has 0 aliphatic heterocycles. The van der Waals surface area contributed by atoms with Gasteiger partial charge in [0.2, 0.25) is 3.79 Å². The molecule has 0 fully saturated rings. The summed E-state index contributed by atoms with van der Waals surface area (Å²) in [5, 5.41) is 0.247. The molecule has 0 aliphatic carbocycles. The first-order chi connectivity index (χ1) is 5.99. The number of halogens is 4. The van der Waals surface area contributed by atoms with E-state index in [2.05, 4.69) is 4.98 Å². The van der Waals surface area contributed by atoms with E-state index in [0.29, 0.717) is 5.75 Å². The molecule has 1 aromatic heterocycles. The lowest BCUT2D eigenvalue weighted by atomic mass is 10.5. The number of hydrogen-bond acceptors (Lipinski definition) is 2. The second kappa shape index (κ2) is 4.56. The number of pyridine rings is 1. The van der Waals surface area contributed by atoms with Crippen molar-refractivity contribution in [3.8, 4) is 5.75 Å². The summed E-state index contributed by atoms with van der Waals surface area (Å²) in [5.41, 5.74) is 0. The first-order valence-electron chi connectivity index (χ1n) is 3.29. The van der Waals surface area contributed by atoms with Crippen LogP contribution in [-0.2, 0) is 0 Å². The molecule has 0 bridgehead atoms. The molecule has 0 aromatic carbocycles. The molecule has 0 spiro atoms. The smallest absolute Gasteiger partial charge is 0.223 e. The van der Waals surface area contributed by atoms with E-state index in [1.807, 2.05) is 0 Å². The molecule has 1 heterocycles. The van der Waals surface area contributed by atoms with Crippen molar-refractivity contribution in [1.82, 2.24) is 4.98 Å². The van der Waals surface area contributed by atoms with Gasteiger partial charge in [-0.25, -0.2) is 4.98 Å². The van der Waals surface area contributed by atoms with E-state index in [9.17, 15) is 0 Å². The van der Waals surface area contributed by atoms with Gasteiger partial charge in [0, 0.05) is 6.20 Å². The van der Waals surface area contributed by atoms with Crippen LogP contribution < -0.4 is 4.74 Å². The lowest BCUT2D eigenvalue weighted by Crippen LogP contribution is -2.15. The monoisotopic (exact) mass is 259 g/mol. The van der Waals surface area contributed by atoms with Crippen LogP contribution in [0.15, 0.2) is 18.3 Å². The van der Waals surface area contributed by atoms with E-state index in [1.54, 1.807) is 18.3 Å². The number of hydrogen-bond donors (Lipinski definition) is 0. The van der Waals surface area contributed by atoms with Gasteiger partial charge in [0.05, 0.1) is 0 Å². The predicted octanol–water partition coefficient (Wildman–Crippen LogP) is 3.48. The molecule has 0 saturated carbocycles. The SMILES string of the molecule is Clc1ncccc1OCC(Cl)(Cl)Cl. The third-order valence-corrected chi connectivity index (χ3v) is 1.73. The van der Waals surface area contributed by atoms with E-state index in [-0.39, 0.29) is 11.8 Å². The van der Waals surface area contributed by atoms with E-state index >= 15 is 0 Å². The number of aromatic nitrogens is 1. The van der Waals surface area contributed by atoms with Crippen molar-refractivity contribution in [3.63, 3.8) is 0 Å². The van der Waals surface area contributed by atoms with E-state index < -0.39 is 3.79 Å². The van der Waals surface area contributed by atoms with Gasteiger partial charge >= 0.3 is 0 Å². The number of ether oxygens (including phenoxy) is 1. The molecule has 0 amide bonds. The Morgan fingerprint density at radius 1 is 1.38 bits per heavy atom. The first-order valence-corrected chi connectivity index (χ1v) is 4.80. The number of alkyl halides is 3. The molecule has 13 heavy (non-hydrogen) atoms. The molecular weight excluding hydrogens is 256 g/mol. The molecule has 0 radical (unpaired) electrons. The van der Waals surface area contributed by atoms with E-state index in [0.717, 1.165) is 0 Å². The number of rotatable bonds is 2. The normalized spacial score (nSPS) is 11.4. The highest BCUT2D eigenvalue weighted by Gasteiger charge is 2.21. The molecule has 0 aliphatic rings. The minimum atomic E-state index is -1.45. The van der Waals surface area contributed by atoms with Crippen molar-refractivity contribution in [2.24, 2.45) is 0 Å². The summed E-state index contributed by atoms with van der Waals surface area (Å²) in [7, 11) is 0. The Morgan fingerprint density at radius 2 is 2.08 bits per heavy atom. The van der Waals surface area contributed by atoms with Gasteiger partial charge in [-0.3, -0.25) is 0 Å². The van der Waals surface area contributed by atoms with Crippen molar-refractivity contribution < 1.29 is 4.74 Å². The van der Waals surface area contributed by atoms with Gasteiger partial charge in [-0.05, 0) is 12.1 Å². The largest absolute Gasteiger partial charge is 0.486 e. The van der Waals surface area contributed by atoms with Gasteiger partial charge in [-0.1, -0.05) is 46.4 Å². The molecule has 0 unspecified atom stereocenters. The van der Waals surface area contributed by atoms with Gasteiger partial charge in [-0.2, -0.15) is 0 Å². The van der Waals surface area contributed by atoms with Crippen molar-refractivity contribution in [2.75, 3.05) is 6.61 Å². The van der Waals surface area contributed by atoms with Crippen molar-refractivity contribution in [3.05, 3.63) is 23.5 Å². The van der Waals surface area contributed by atoms with Crippen LogP contribution in [0, 0.1) is 0 Å². The van der Waals surface area contributed by atoms with Gasteiger partial charge in [0.25, 0.3) is 0 Å². The Kier molecular flexibility index (Phi) is 3.92. The highest BCUT2D eigenvalue weighted by atomic mass is 35.6. The van der Waals surface area contributed by atoms with Crippen LogP contribution in [0.25, 0.3) is 0 Å². The molecule has 2 nitrogen and oxygen atoms in total. The second-order valence-electron chi connectivity index (χ2n) is 2.20. The minimum absolute atomic E-state index is 0.0664. The van der Waals surface area contributed by atoms with Gasteiger partial charge in [0.15, 0.2) is 10.9 Å². The zero-order valence-electron chi connectivity index (χ0n) is 6.31. The predicted molar refractivity (Wildman–Crippen MR) is 55.0 cm³/mol. The second-order valence-corrected chi connectivity index (χ2v) is 5.07. The van der Waals surface area contributed by atoms with E-state index in [4.69, 9.17) is 51.1 Å². The van der Waals surface area contributed by atoms with Crippen LogP contribution in [0.3, 0.4) is 0 Å². The summed E-state index contributed by atoms with van der Waals surface area (Å²) in [6, 6.07) is 3.32. The molecular formula is C7H5Cl4NO. The Morgan fingerprint density at radius 3 is 2.62 bits per heavy atom. The first kappa shape index (κ1) is 11.2. The molecule has 0 atom stereocenters. The number of nitrogens with zero attached hydrogens (tertiary/aromatic N) is 1. The fourth-order valence-electron chi connectivity index (χ4n) is 0.639. The molecule has 1 rings (SSSR count). The Hall–Kier alpha value is 0.110. The molecule has 0 N–H and O–H groups in total. The summed E-state index contributed by atoms with van der Waals surface area (Å²) >= 11 is 22.1. The van der Waals surface area contributed by atoms with Crippen molar-refractivity contribution in [1.29, 1.82) is 0 Å². The van der Waals surface area contributed by atoms with Crippen LogP contribution in [0.1, 0.15) is 0 Å². The Labute approximate surface area is 95.7 Å². The lowest BCUT2D eigenvalue weighted by molar-refractivity contribution is 0.325. The maximum Gasteiger partial charge on any atom is 0.223 e. The van der Waals surface area contributed by atoms with Crippen molar-refractivity contribution >= 4 is 46.4 Å². The van der Waals surface area contributed by atoms with Crippen LogP contribution in [0.5, 0.6) is 5.75 Å². The zero-order valence-corrected chi connectivity index (χ0v) is 9.33. The third-order valence-electron chi connectivity index (χ3n) is 1.12. The van der Waals surface area contributed by atoms with Gasteiger partial charge in [-0.15, -0.1) is 0 Å². The van der Waals surface area contributed by atoms with Crippen LogP contribution in [0.2, 0.25) is 5.15 Å². The summed E-state index contributed by atoms with van der Waals surface area (Å²) in [6.45, 7) is -0.0664. The van der Waals surface area contributed by atoms with Crippen LogP contribution >= 0.6 is 46.4 Å². The summed E-state index contributed by atoms with van der Waals surface area (Å²) in [4.78, 5) is 3.79. The maximum absolute atomic E-state index is 5.69. The van der Waals surface area contributed by atoms with Crippen LogP contribution in [-0.4, -0.2) is 15.4 Å². The topological polar surface area (TPSA) is 22.1 Å². The maximum atomic E-state index is 5.69. The summed E-state index contributed by atoms with van der Waals surface area (Å²) < 4.78 is 3.67. The minimum Gasteiger partial charge on any atom is -0.486 e. The fraction of sp³-hybridized carbons (Fsp3) is 0.286. The fourth-order valence-corrected chi connectivity index (χ4v) is 0.976. The molecule has 72 valence electrons. The van der Waals surface area contributed by atoms with Gasteiger partial charge in [0.1, 0.15) is 6.61 Å². The molecule has 1 aromatic rings. The highest BCUT2D eigenvalue weighted by Crippen LogP contribution is 2.28. The van der Waals surface area contributed by atoms with Crippen LogP contribution in [0.4, 0.5) is 0 Å². The lowest BCUT2D eigenvalue weighted by Gasteiger charge is -2.12. The Bertz CT molecular complexity index is 286. The summed E-state index contributed by atoms with van der Waals surface area (Å²) in [5.74, 6) is 0.399. The molecule has 6 heteroatoms. The Balaban J connectivity index is 2.60. The average molecular weight is 261 g/mol. The summed E-state index contributed by atoms with van der Waals surface area (Å²) in [6.07, 6.45) is 1.55. The quantitative estimate of drug-likeness (QED) is 0.600. The highest BCUT2D eigenvalue weighted by molar-refractivity contribution is 6.67. The van der Waals surface area contributed by atoms with Gasteiger partial charge < -0.3 is 4.74 Å². The standard InChI is InChI=1S/C7H5Cl4NO/c8-6-5(2-1-3-12-6)13-4-7(9,10)11/h1-3H,4H2. The third kappa shape index (κ3) is 4.23.